The van der Waals surface area contributed by atoms with Crippen LogP contribution in [0, 0.1) is 5.21 Å². The number of benzene rings is 1. The zero-order valence-electron chi connectivity index (χ0n) is 15.5. The van der Waals surface area contributed by atoms with Gasteiger partial charge in [-0.05, 0) is 85.3 Å². The zero-order chi connectivity index (χ0) is 18.5. The van der Waals surface area contributed by atoms with Crippen LogP contribution in [0.5, 0.6) is 0 Å². The first-order valence-electron chi connectivity index (χ1n) is 8.81. The lowest BCUT2D eigenvalue weighted by molar-refractivity contribution is 0.101. The lowest BCUT2D eigenvalue weighted by Gasteiger charge is -2.47. The van der Waals surface area contributed by atoms with Crippen molar-refractivity contribution in [2.45, 2.75) is 38.8 Å². The summed E-state index contributed by atoms with van der Waals surface area (Å²) in [6.07, 6.45) is 7.17. The maximum Gasteiger partial charge on any atom is 0.0305 e. The molecule has 1 aliphatic rings. The average Bonchev–Trinajstić information content (AvgIpc) is 2.81. The maximum absolute atomic E-state index is 13.3. The number of hydrogen-bond acceptors (Lipinski definition) is 4. The lowest BCUT2D eigenvalue weighted by Crippen LogP contribution is -2.40. The van der Waals surface area contributed by atoms with Crippen LogP contribution in [-0.4, -0.2) is 15.0 Å². The average molecular weight is 344 g/mol. The van der Waals surface area contributed by atoms with E-state index in [1.807, 2.05) is 52.0 Å². The van der Waals surface area contributed by atoms with Crippen molar-refractivity contribution in [2.24, 2.45) is 0 Å². The lowest BCUT2D eigenvalue weighted by atomic mass is 9.80. The summed E-state index contributed by atoms with van der Waals surface area (Å²) in [6.45, 7) is 8.03. The van der Waals surface area contributed by atoms with Crippen LogP contribution >= 0.6 is 0 Å². The first-order valence-corrected chi connectivity index (χ1v) is 8.81. The van der Waals surface area contributed by atoms with E-state index < -0.39 is 11.1 Å². The van der Waals surface area contributed by atoms with Crippen LogP contribution < -0.4 is 0 Å². The minimum Gasteiger partial charge on any atom is -0.784 e. The minimum absolute atomic E-state index is 0.625. The topological polar surface area (TPSA) is 52.1 Å². The third kappa shape index (κ3) is 2.30. The van der Waals surface area contributed by atoms with Gasteiger partial charge in [-0.2, -0.15) is 0 Å². The highest BCUT2D eigenvalue weighted by molar-refractivity contribution is 5.80. The molecule has 0 N–H and O–H groups in total. The van der Waals surface area contributed by atoms with E-state index in [1.165, 1.54) is 5.06 Å². The second-order valence-electron chi connectivity index (χ2n) is 7.79. The molecule has 1 aliphatic heterocycles. The number of hydrogen-bond donors (Lipinski definition) is 0. The smallest absolute Gasteiger partial charge is 0.0305 e. The summed E-state index contributed by atoms with van der Waals surface area (Å²) >= 11 is 0. The van der Waals surface area contributed by atoms with Crippen molar-refractivity contribution < 1.29 is 0 Å². The summed E-state index contributed by atoms with van der Waals surface area (Å²) in [5.41, 5.74) is 5.29. The molecule has 3 heterocycles. The summed E-state index contributed by atoms with van der Waals surface area (Å²) in [6, 6.07) is 12.2. The number of aromatic nitrogens is 2. The molecule has 0 radical (unpaired) electrons. The van der Waals surface area contributed by atoms with Gasteiger partial charge >= 0.3 is 0 Å². The molecular weight excluding hydrogens is 322 g/mol. The van der Waals surface area contributed by atoms with Gasteiger partial charge in [0.05, 0.1) is 0 Å². The fourth-order valence-electron chi connectivity index (χ4n) is 4.32. The van der Waals surface area contributed by atoms with Crippen molar-refractivity contribution in [3.05, 3.63) is 77.5 Å². The highest BCUT2D eigenvalue weighted by Crippen LogP contribution is 2.54. The Morgan fingerprint density at radius 2 is 1.00 bits per heavy atom. The van der Waals surface area contributed by atoms with E-state index in [4.69, 9.17) is 0 Å². The van der Waals surface area contributed by atoms with Crippen molar-refractivity contribution in [1.29, 1.82) is 0 Å². The van der Waals surface area contributed by atoms with E-state index in [1.54, 1.807) is 24.8 Å². The Kier molecular flexibility index (Phi) is 3.72. The van der Waals surface area contributed by atoms with E-state index in [0.29, 0.717) is 0 Å². The molecule has 132 valence electrons. The van der Waals surface area contributed by atoms with E-state index in [-0.39, 0.29) is 0 Å². The van der Waals surface area contributed by atoms with Gasteiger partial charge in [-0.15, -0.1) is 0 Å². The number of nitrogens with zero attached hydrogens (tertiary/aromatic N) is 3. The van der Waals surface area contributed by atoms with E-state index in [9.17, 15) is 5.21 Å². The molecule has 0 fully saturated rings. The van der Waals surface area contributed by atoms with Gasteiger partial charge in [0.15, 0.2) is 0 Å². The van der Waals surface area contributed by atoms with Crippen LogP contribution in [0.25, 0.3) is 22.3 Å². The highest BCUT2D eigenvalue weighted by Gasteiger charge is 2.46. The molecule has 0 aliphatic carbocycles. The molecule has 0 unspecified atom stereocenters. The van der Waals surface area contributed by atoms with Gasteiger partial charge in [-0.25, -0.2) is 0 Å². The molecule has 4 heteroatoms. The summed E-state index contributed by atoms with van der Waals surface area (Å²) in [5, 5.41) is 14.5. The molecule has 0 amide bonds. The molecule has 0 atom stereocenters. The first-order chi connectivity index (χ1) is 12.3. The van der Waals surface area contributed by atoms with Gasteiger partial charge in [0, 0.05) is 35.9 Å². The zero-order valence-corrected chi connectivity index (χ0v) is 15.5. The molecule has 4 rings (SSSR count). The Morgan fingerprint density at radius 1 is 0.654 bits per heavy atom. The molecule has 3 aromatic rings. The van der Waals surface area contributed by atoms with Crippen molar-refractivity contribution in [1.82, 2.24) is 15.0 Å². The third-order valence-corrected chi connectivity index (χ3v) is 5.43. The normalized spacial score (nSPS) is 17.9. The van der Waals surface area contributed by atoms with E-state index >= 15 is 0 Å². The Bertz CT molecular complexity index is 871. The van der Waals surface area contributed by atoms with Gasteiger partial charge < -0.3 is 10.3 Å². The van der Waals surface area contributed by atoms with Crippen LogP contribution in [0.1, 0.15) is 38.8 Å². The Labute approximate surface area is 154 Å². The number of pyridine rings is 2. The van der Waals surface area contributed by atoms with E-state index in [2.05, 4.69) is 22.1 Å². The van der Waals surface area contributed by atoms with E-state index in [0.717, 1.165) is 33.4 Å². The summed E-state index contributed by atoms with van der Waals surface area (Å²) < 4.78 is 0. The third-order valence-electron chi connectivity index (χ3n) is 5.43. The van der Waals surface area contributed by atoms with Crippen molar-refractivity contribution in [3.8, 4) is 22.3 Å². The first kappa shape index (κ1) is 16.9. The molecule has 26 heavy (non-hydrogen) atoms. The summed E-state index contributed by atoms with van der Waals surface area (Å²) in [5.74, 6) is 0. The molecule has 2 aromatic heterocycles. The quantitative estimate of drug-likeness (QED) is 0.649. The van der Waals surface area contributed by atoms with Gasteiger partial charge in [-0.3, -0.25) is 9.97 Å². The fourth-order valence-corrected chi connectivity index (χ4v) is 4.32. The summed E-state index contributed by atoms with van der Waals surface area (Å²) in [4.78, 5) is 8.26. The second kappa shape index (κ2) is 5.73. The second-order valence-corrected chi connectivity index (χ2v) is 7.79. The summed E-state index contributed by atoms with van der Waals surface area (Å²) in [7, 11) is 0. The molecule has 4 nitrogen and oxygen atoms in total. The van der Waals surface area contributed by atoms with Crippen molar-refractivity contribution >= 4 is 0 Å². The standard InChI is InChI=1S/C22H22N3O/c1-21(2)19-17(15-7-11-23-12-8-15)5-6-18(16-9-13-24-14-10-16)20(19)22(3,4)25(21)26/h5-14H,1-4H3/q-1. The van der Waals surface area contributed by atoms with Crippen molar-refractivity contribution in [2.75, 3.05) is 0 Å². The van der Waals surface area contributed by atoms with Gasteiger partial charge in [-0.1, -0.05) is 12.1 Å². The van der Waals surface area contributed by atoms with Crippen LogP contribution in [-0.2, 0) is 11.1 Å². The van der Waals surface area contributed by atoms with Crippen LogP contribution in [0.3, 0.4) is 0 Å². The largest absolute Gasteiger partial charge is 0.784 e. The Hall–Kier alpha value is -2.56. The van der Waals surface area contributed by atoms with Gasteiger partial charge in [0.1, 0.15) is 0 Å². The van der Waals surface area contributed by atoms with Gasteiger partial charge in [0.2, 0.25) is 0 Å². The highest BCUT2D eigenvalue weighted by atomic mass is 16.5. The Morgan fingerprint density at radius 3 is 1.35 bits per heavy atom. The molecule has 0 saturated carbocycles. The number of hydroxylamine groups is 2. The fraction of sp³-hybridized carbons (Fsp3) is 0.273. The predicted octanol–water partition coefficient (Wildman–Crippen LogP) is 5.09. The molecule has 0 spiro atoms. The van der Waals surface area contributed by atoms with Crippen molar-refractivity contribution in [3.63, 3.8) is 0 Å². The number of fused-ring (bicyclic) bond motifs is 1. The molecule has 1 aromatic carbocycles. The Balaban J connectivity index is 2.09. The monoisotopic (exact) mass is 344 g/mol. The number of rotatable bonds is 2. The molecular formula is C22H22N3O-. The van der Waals surface area contributed by atoms with Crippen LogP contribution in [0.4, 0.5) is 0 Å². The minimum atomic E-state index is -0.625. The predicted molar refractivity (Wildman–Crippen MR) is 104 cm³/mol. The van der Waals surface area contributed by atoms with Crippen LogP contribution in [0.2, 0.25) is 0 Å². The molecule has 0 bridgehead atoms. The van der Waals surface area contributed by atoms with Crippen LogP contribution in [0.15, 0.2) is 61.2 Å². The SMILES string of the molecule is CC1(C)c2c(-c3ccncc3)ccc(-c3ccncc3)c2C(C)(C)N1[O-]. The maximum atomic E-state index is 13.3. The molecule has 0 saturated heterocycles. The van der Waals surface area contributed by atoms with Gasteiger partial charge in [0.25, 0.3) is 0 Å².